The molecule has 3 N–H and O–H groups in total. The number of halogens is 6. The molecule has 2 bridgehead atoms. The first-order valence-corrected chi connectivity index (χ1v) is 17.9. The Bertz CT molecular complexity index is 1390. The van der Waals surface area contributed by atoms with Crippen molar-refractivity contribution in [3.63, 3.8) is 0 Å². The zero-order valence-corrected chi connectivity index (χ0v) is 26.2. The summed E-state index contributed by atoms with van der Waals surface area (Å²) in [5.41, 5.74) is 1.28. The number of piperazine rings is 1. The molecule has 0 aromatic carbocycles. The zero-order chi connectivity index (χ0) is 33.3. The molecule has 4 atom stereocenters. The molecule has 5 rings (SSSR count). The Balaban J connectivity index is 1.37. The van der Waals surface area contributed by atoms with E-state index in [2.05, 4.69) is 40.0 Å². The Kier molecular flexibility index (Phi) is 10.1. The molecule has 0 radical (unpaired) electrons. The Labute approximate surface area is 255 Å². The van der Waals surface area contributed by atoms with Crippen molar-refractivity contribution >= 4 is 25.6 Å². The molecule has 3 aliphatic heterocycles. The number of nitrogens with one attached hydrogen (secondary N) is 1. The molecule has 3 fully saturated rings. The topological polar surface area (TPSA) is 141 Å². The molecule has 1 amide bonds. The molecular weight excluding hydrogens is 630 g/mol. The molecule has 3 aliphatic rings. The Morgan fingerprint density at radius 2 is 1.71 bits per heavy atom. The van der Waals surface area contributed by atoms with Gasteiger partial charge in [-0.1, -0.05) is 19.6 Å². The second-order valence-electron chi connectivity index (χ2n) is 12.4. The van der Waals surface area contributed by atoms with Crippen LogP contribution in [-0.4, -0.2) is 89.3 Å². The average Bonchev–Trinajstić information content (AvgIpc) is 2.92. The number of aromatic nitrogens is 4. The normalized spacial score (nSPS) is 20.4. The maximum atomic E-state index is 13.9. The van der Waals surface area contributed by atoms with Gasteiger partial charge in [0.05, 0.1) is 24.1 Å². The monoisotopic (exact) mass is 666 g/mol. The molecule has 250 valence electrons. The highest BCUT2D eigenvalue weighted by molar-refractivity contribution is 6.76. The third-order valence-electron chi connectivity index (χ3n) is 7.46. The summed E-state index contributed by atoms with van der Waals surface area (Å²) in [6.07, 6.45) is -7.80. The highest BCUT2D eigenvalue weighted by Crippen LogP contribution is 2.37. The number of carbonyl (C=O) groups is 1. The summed E-state index contributed by atoms with van der Waals surface area (Å²) in [4.78, 5) is 36.1. The third kappa shape index (κ3) is 8.50. The molecule has 19 heteroatoms. The van der Waals surface area contributed by atoms with Gasteiger partial charge in [0, 0.05) is 58.3 Å². The predicted molar refractivity (Wildman–Crippen MR) is 153 cm³/mol. The lowest BCUT2D eigenvalue weighted by atomic mass is 9.87. The minimum absolute atomic E-state index is 0.112. The molecule has 3 saturated heterocycles. The number of carbonyl (C=O) groups excluding carboxylic acids is 1. The van der Waals surface area contributed by atoms with Crippen molar-refractivity contribution in [1.82, 2.24) is 24.6 Å². The maximum Gasteiger partial charge on any atom is 0.423 e. The number of rotatable bonds is 13. The minimum atomic E-state index is -4.99. The largest absolute Gasteiger partial charge is 0.423 e. The number of hydrogen-bond donors (Lipinski definition) is 2. The summed E-state index contributed by atoms with van der Waals surface area (Å²) in [5, 5.41) is 6.44. The molecule has 0 aliphatic carbocycles. The standard InChI is InChI=1S/C26H36F6N8O4Si/c1-15(37-19-10-36-39(14-43-5-6-45(2,3)4)22(42)20(19)26(30,31)32)13-44-23(21(33)41)40-17-7-18(40)12-38(11-17)24-34-8-16(9-35-24)25(27,28)29/h8-10,15,17-18,23,37H,5-7,11-14H2,1-4H3,(H2,33,41)/t15-,17?,18?,23?/m0/s1. The van der Waals surface area contributed by atoms with Crippen molar-refractivity contribution in [2.45, 2.75) is 82.5 Å². The van der Waals surface area contributed by atoms with Crippen LogP contribution in [-0.2, 0) is 33.4 Å². The Morgan fingerprint density at radius 1 is 1.09 bits per heavy atom. The van der Waals surface area contributed by atoms with Crippen LogP contribution in [0.1, 0.15) is 24.5 Å². The fourth-order valence-electron chi connectivity index (χ4n) is 5.17. The van der Waals surface area contributed by atoms with Crippen molar-refractivity contribution in [3.05, 3.63) is 40.1 Å². The van der Waals surface area contributed by atoms with Gasteiger partial charge in [0.25, 0.3) is 11.5 Å². The number of primary amides is 1. The fraction of sp³-hybridized carbons (Fsp3) is 0.654. The first-order valence-electron chi connectivity index (χ1n) is 14.2. The number of alkyl halides is 6. The van der Waals surface area contributed by atoms with Crippen molar-refractivity contribution in [2.24, 2.45) is 5.73 Å². The second-order valence-corrected chi connectivity index (χ2v) is 18.0. The highest BCUT2D eigenvalue weighted by Gasteiger charge is 2.50. The third-order valence-corrected chi connectivity index (χ3v) is 9.16. The molecule has 12 nitrogen and oxygen atoms in total. The van der Waals surface area contributed by atoms with Crippen LogP contribution in [0.5, 0.6) is 0 Å². The lowest BCUT2D eigenvalue weighted by molar-refractivity contribution is -0.172. The molecule has 3 unspecified atom stereocenters. The summed E-state index contributed by atoms with van der Waals surface area (Å²) < 4.78 is 92.2. The van der Waals surface area contributed by atoms with Crippen LogP contribution in [0.2, 0.25) is 25.7 Å². The van der Waals surface area contributed by atoms with Crippen molar-refractivity contribution < 1.29 is 40.6 Å². The fourth-order valence-corrected chi connectivity index (χ4v) is 5.92. The quantitative estimate of drug-likeness (QED) is 0.186. The van der Waals surface area contributed by atoms with Gasteiger partial charge in [-0.15, -0.1) is 0 Å². The van der Waals surface area contributed by atoms with Gasteiger partial charge in [-0.05, 0) is 19.4 Å². The van der Waals surface area contributed by atoms with Crippen LogP contribution in [0.3, 0.4) is 0 Å². The van der Waals surface area contributed by atoms with Gasteiger partial charge in [-0.25, -0.2) is 14.6 Å². The summed E-state index contributed by atoms with van der Waals surface area (Å²) in [6, 6.07) is -0.549. The molecular formula is C26H36F6N8O4Si. The number of hydrogen-bond acceptors (Lipinski definition) is 10. The lowest BCUT2D eigenvalue weighted by Crippen LogP contribution is -2.73. The van der Waals surface area contributed by atoms with Crippen LogP contribution in [0.15, 0.2) is 23.4 Å². The molecule has 0 spiro atoms. The number of piperidine rings is 1. The van der Waals surface area contributed by atoms with Crippen LogP contribution in [0.25, 0.3) is 0 Å². The smallest absolute Gasteiger partial charge is 0.378 e. The Morgan fingerprint density at radius 3 is 2.24 bits per heavy atom. The van der Waals surface area contributed by atoms with Gasteiger partial charge < -0.3 is 25.4 Å². The van der Waals surface area contributed by atoms with Crippen LogP contribution in [0, 0.1) is 0 Å². The Hall–Kier alpha value is -3.29. The second kappa shape index (κ2) is 13.2. The van der Waals surface area contributed by atoms with E-state index in [4.69, 9.17) is 15.2 Å². The van der Waals surface area contributed by atoms with E-state index in [1.165, 1.54) is 6.92 Å². The number of fused-ring (bicyclic) bond motifs is 2. The van der Waals surface area contributed by atoms with Gasteiger partial charge in [0.15, 0.2) is 6.23 Å². The van der Waals surface area contributed by atoms with E-state index in [-0.39, 0.29) is 24.6 Å². The molecule has 0 saturated carbocycles. The van der Waals surface area contributed by atoms with Crippen molar-refractivity contribution in [1.29, 1.82) is 0 Å². The maximum absolute atomic E-state index is 13.9. The van der Waals surface area contributed by atoms with Gasteiger partial charge in [0.1, 0.15) is 12.3 Å². The summed E-state index contributed by atoms with van der Waals surface area (Å²) in [7, 11) is -1.44. The van der Waals surface area contributed by atoms with Crippen molar-refractivity contribution in [2.75, 3.05) is 36.5 Å². The van der Waals surface area contributed by atoms with Crippen LogP contribution in [0.4, 0.5) is 38.0 Å². The van der Waals surface area contributed by atoms with E-state index in [0.29, 0.717) is 43.2 Å². The van der Waals surface area contributed by atoms with Gasteiger partial charge in [-0.3, -0.25) is 14.5 Å². The number of ether oxygens (including phenoxy) is 2. The number of amides is 1. The minimum Gasteiger partial charge on any atom is -0.378 e. The average molecular weight is 667 g/mol. The van der Waals surface area contributed by atoms with Gasteiger partial charge in [-0.2, -0.15) is 31.4 Å². The molecule has 2 aromatic rings. The van der Waals surface area contributed by atoms with Gasteiger partial charge in [0.2, 0.25) is 5.95 Å². The summed E-state index contributed by atoms with van der Waals surface area (Å²) in [5.74, 6) is -0.702. The van der Waals surface area contributed by atoms with Gasteiger partial charge >= 0.3 is 12.4 Å². The lowest BCUT2D eigenvalue weighted by Gasteiger charge is -2.57. The van der Waals surface area contributed by atoms with E-state index in [1.807, 2.05) is 0 Å². The summed E-state index contributed by atoms with van der Waals surface area (Å²) in [6.45, 7) is 8.05. The van der Waals surface area contributed by atoms with E-state index < -0.39 is 67.7 Å². The van der Waals surface area contributed by atoms with E-state index >= 15 is 0 Å². The predicted octanol–water partition coefficient (Wildman–Crippen LogP) is 2.97. The first-order chi connectivity index (χ1) is 20.8. The SMILES string of the molecule is C[C@@H](COC(C(N)=O)N1C2CC1CN(c1ncc(C(F)(F)F)cn1)C2)Nc1cnn(COCC[Si](C)(C)C)c(=O)c1C(F)(F)F. The van der Waals surface area contributed by atoms with Crippen LogP contribution >= 0.6 is 0 Å². The van der Waals surface area contributed by atoms with E-state index in [0.717, 1.165) is 12.2 Å². The number of anilines is 2. The molecule has 45 heavy (non-hydrogen) atoms. The molecule has 2 aromatic heterocycles. The molecule has 5 heterocycles. The zero-order valence-electron chi connectivity index (χ0n) is 25.2. The number of nitrogens with zero attached hydrogens (tertiary/aromatic N) is 6. The van der Waals surface area contributed by atoms with E-state index in [9.17, 15) is 35.9 Å². The first kappa shape index (κ1) is 34.6. The van der Waals surface area contributed by atoms with Crippen LogP contribution < -0.4 is 21.5 Å². The summed E-state index contributed by atoms with van der Waals surface area (Å²) >= 11 is 0. The van der Waals surface area contributed by atoms with E-state index in [1.54, 1.807) is 9.80 Å². The number of nitrogens with two attached hydrogens (primary N) is 1. The van der Waals surface area contributed by atoms with Crippen molar-refractivity contribution in [3.8, 4) is 0 Å². The highest BCUT2D eigenvalue weighted by atomic mass is 28.3.